The number of amides is 1. The normalized spacial score (nSPS) is 18.6. The van der Waals surface area contributed by atoms with E-state index in [1.807, 2.05) is 34.5 Å². The van der Waals surface area contributed by atoms with Crippen LogP contribution in [0.5, 0.6) is 0 Å². The first kappa shape index (κ1) is 32.4. The van der Waals surface area contributed by atoms with E-state index in [0.29, 0.717) is 24.4 Å². The van der Waals surface area contributed by atoms with Gasteiger partial charge in [0.1, 0.15) is 5.52 Å². The number of aromatic nitrogens is 4. The van der Waals surface area contributed by atoms with Crippen LogP contribution in [0.4, 0.5) is 5.95 Å². The van der Waals surface area contributed by atoms with Crippen molar-refractivity contribution in [3.63, 3.8) is 0 Å². The van der Waals surface area contributed by atoms with E-state index < -0.39 is 8.32 Å². The Hall–Kier alpha value is -3.54. The van der Waals surface area contributed by atoms with Gasteiger partial charge in [0.15, 0.2) is 10.8 Å². The summed E-state index contributed by atoms with van der Waals surface area (Å²) in [5, 5.41) is 5.21. The molecule has 0 radical (unpaired) electrons. The molecular weight excluding hydrogens is 634 g/mol. The second-order valence-corrected chi connectivity index (χ2v) is 18.5. The van der Waals surface area contributed by atoms with Gasteiger partial charge in [0.25, 0.3) is 8.32 Å². The lowest BCUT2D eigenvalue weighted by atomic mass is 10.1. The largest absolute Gasteiger partial charge is 0.406 e. The van der Waals surface area contributed by atoms with Gasteiger partial charge in [0.05, 0.1) is 30.3 Å². The van der Waals surface area contributed by atoms with Gasteiger partial charge in [-0.1, -0.05) is 123 Å². The molecule has 1 saturated heterocycles. The highest BCUT2D eigenvalue weighted by atomic mass is 35.5. The number of nitrogens with zero attached hydrogens (tertiary/aromatic N) is 4. The van der Waals surface area contributed by atoms with Gasteiger partial charge in [-0.15, -0.1) is 0 Å². The predicted molar refractivity (Wildman–Crippen MR) is 189 cm³/mol. The maximum absolute atomic E-state index is 11.8. The predicted octanol–water partition coefficient (Wildman–Crippen LogP) is 6.26. The number of fused-ring (bicyclic) bond motifs is 1. The van der Waals surface area contributed by atoms with Gasteiger partial charge in [-0.3, -0.25) is 10.1 Å². The number of anilines is 1. The third-order valence-corrected chi connectivity index (χ3v) is 15.1. The Labute approximate surface area is 280 Å². The zero-order valence-electron chi connectivity index (χ0n) is 26.4. The Morgan fingerprint density at radius 1 is 0.978 bits per heavy atom. The summed E-state index contributed by atoms with van der Waals surface area (Å²) in [5.41, 5.74) is 2.13. The summed E-state index contributed by atoms with van der Waals surface area (Å²) in [6, 6.07) is 31.5. The molecule has 1 amide bonds. The highest BCUT2D eigenvalue weighted by molar-refractivity contribution is 8.00. The van der Waals surface area contributed by atoms with E-state index in [4.69, 9.17) is 20.8 Å². The second kappa shape index (κ2) is 13.7. The first-order valence-electron chi connectivity index (χ1n) is 15.4. The molecule has 8 nitrogen and oxygen atoms in total. The number of nitrogens with one attached hydrogen (secondary N) is 1. The van der Waals surface area contributed by atoms with Gasteiger partial charge >= 0.3 is 0 Å². The lowest BCUT2D eigenvalue weighted by molar-refractivity contribution is -0.114. The fourth-order valence-corrected chi connectivity index (χ4v) is 12.7. The molecule has 0 spiro atoms. The first-order valence-corrected chi connectivity index (χ1v) is 18.7. The Balaban J connectivity index is 1.37. The van der Waals surface area contributed by atoms with Crippen molar-refractivity contribution >= 4 is 65.1 Å². The number of carbonyl (C=O) groups excluding carboxylic acids is 1. The standard InChI is InChI=1S/C35H38ClN5O3SSi/c1-24(42)38-34-39-32(36)30-33(40-34)41(23-37-30)28-22-45-29(31(28)43-20-25-14-8-5-9-15-25)21-44-46(35(2,3)4,26-16-10-6-11-17-26)27-18-12-7-13-19-27/h5-19,23,28-29,31H,20-22H2,1-4H3,(H,38,39,40,42)/t28-,29+,31-/m0/s1. The van der Waals surface area contributed by atoms with Crippen molar-refractivity contribution in [3.05, 3.63) is 108 Å². The fraction of sp³-hybridized carbons (Fsp3) is 0.314. The lowest BCUT2D eigenvalue weighted by Gasteiger charge is -2.43. The third-order valence-electron chi connectivity index (χ3n) is 8.42. The number of rotatable bonds is 10. The quantitative estimate of drug-likeness (QED) is 0.139. The molecule has 1 aliphatic heterocycles. The minimum Gasteiger partial charge on any atom is -0.406 e. The van der Waals surface area contributed by atoms with Crippen LogP contribution in [0.1, 0.15) is 39.3 Å². The molecule has 3 atom stereocenters. The number of ether oxygens (including phenoxy) is 1. The number of hydrogen-bond acceptors (Lipinski definition) is 7. The van der Waals surface area contributed by atoms with Gasteiger partial charge < -0.3 is 13.7 Å². The number of imidazole rings is 1. The molecule has 5 aromatic rings. The van der Waals surface area contributed by atoms with E-state index in [-0.39, 0.29) is 39.4 Å². The van der Waals surface area contributed by atoms with Crippen molar-refractivity contribution in [2.45, 2.75) is 56.7 Å². The zero-order chi connectivity index (χ0) is 32.3. The van der Waals surface area contributed by atoms with E-state index >= 15 is 0 Å². The Morgan fingerprint density at radius 3 is 2.17 bits per heavy atom. The molecule has 0 aliphatic carbocycles. The molecule has 0 bridgehead atoms. The highest BCUT2D eigenvalue weighted by Crippen LogP contribution is 2.42. The minimum atomic E-state index is -2.76. The van der Waals surface area contributed by atoms with E-state index in [9.17, 15) is 4.79 Å². The highest BCUT2D eigenvalue weighted by Gasteiger charge is 2.51. The van der Waals surface area contributed by atoms with Gasteiger partial charge in [-0.05, 0) is 21.0 Å². The van der Waals surface area contributed by atoms with Gasteiger partial charge in [-0.25, -0.2) is 4.98 Å². The summed E-state index contributed by atoms with van der Waals surface area (Å²) in [6.07, 6.45) is 1.52. The molecule has 2 aromatic heterocycles. The van der Waals surface area contributed by atoms with Crippen LogP contribution < -0.4 is 15.7 Å². The van der Waals surface area contributed by atoms with Gasteiger partial charge in [-0.2, -0.15) is 21.7 Å². The Kier molecular flexibility index (Phi) is 9.63. The van der Waals surface area contributed by atoms with E-state index in [2.05, 4.69) is 114 Å². The lowest BCUT2D eigenvalue weighted by Crippen LogP contribution is -2.67. The summed E-state index contributed by atoms with van der Waals surface area (Å²) in [7, 11) is -2.76. The average molecular weight is 672 g/mol. The molecule has 46 heavy (non-hydrogen) atoms. The minimum absolute atomic E-state index is 0.0277. The van der Waals surface area contributed by atoms with Crippen LogP contribution in [0.15, 0.2) is 97.3 Å². The molecular formula is C35H38ClN5O3SSi. The smallest absolute Gasteiger partial charge is 0.261 e. The summed E-state index contributed by atoms with van der Waals surface area (Å²) >= 11 is 8.34. The average Bonchev–Trinajstić information content (AvgIpc) is 3.65. The zero-order valence-corrected chi connectivity index (χ0v) is 29.0. The Morgan fingerprint density at radius 2 is 1.59 bits per heavy atom. The fourth-order valence-electron chi connectivity index (χ4n) is 6.33. The van der Waals surface area contributed by atoms with Crippen LogP contribution in [0.25, 0.3) is 11.2 Å². The summed E-state index contributed by atoms with van der Waals surface area (Å²) < 4.78 is 16.2. The second-order valence-electron chi connectivity index (χ2n) is 12.5. The summed E-state index contributed by atoms with van der Waals surface area (Å²) in [4.78, 5) is 25.2. The first-order chi connectivity index (χ1) is 22.2. The topological polar surface area (TPSA) is 91.2 Å². The van der Waals surface area contributed by atoms with Gasteiger partial charge in [0, 0.05) is 19.3 Å². The monoisotopic (exact) mass is 671 g/mol. The molecule has 3 heterocycles. The van der Waals surface area contributed by atoms with Crippen molar-refractivity contribution in [2.75, 3.05) is 17.7 Å². The maximum Gasteiger partial charge on any atom is 0.261 e. The van der Waals surface area contributed by atoms with Crippen LogP contribution in [0.2, 0.25) is 10.2 Å². The van der Waals surface area contributed by atoms with Crippen molar-refractivity contribution in [2.24, 2.45) is 0 Å². The van der Waals surface area contributed by atoms with Gasteiger partial charge in [0.2, 0.25) is 11.9 Å². The molecule has 11 heteroatoms. The molecule has 3 aromatic carbocycles. The van der Waals surface area contributed by atoms with Crippen LogP contribution in [-0.4, -0.2) is 57.5 Å². The molecule has 1 aliphatic rings. The van der Waals surface area contributed by atoms with Crippen molar-refractivity contribution in [1.29, 1.82) is 0 Å². The van der Waals surface area contributed by atoms with Crippen LogP contribution >= 0.6 is 23.4 Å². The Bertz CT molecular complexity index is 1750. The molecule has 238 valence electrons. The SMILES string of the molecule is CC(=O)Nc1nc(Cl)c2ncn([C@H]3CS[C@H](CO[Si](c4ccccc4)(c4ccccc4)C(C)(C)C)[C@H]3OCc3ccccc3)c2n1. The van der Waals surface area contributed by atoms with E-state index in [1.165, 1.54) is 17.3 Å². The van der Waals surface area contributed by atoms with E-state index in [1.54, 1.807) is 6.33 Å². The van der Waals surface area contributed by atoms with E-state index in [0.717, 1.165) is 11.3 Å². The number of benzene rings is 3. The van der Waals surface area contributed by atoms with Crippen LogP contribution in [-0.2, 0) is 20.6 Å². The van der Waals surface area contributed by atoms with Crippen molar-refractivity contribution in [3.8, 4) is 0 Å². The van der Waals surface area contributed by atoms with Crippen molar-refractivity contribution in [1.82, 2.24) is 19.5 Å². The maximum atomic E-state index is 11.8. The number of halogens is 1. The number of thioether (sulfide) groups is 1. The number of hydrogen-bond donors (Lipinski definition) is 1. The number of carbonyl (C=O) groups is 1. The van der Waals surface area contributed by atoms with Crippen molar-refractivity contribution < 1.29 is 14.0 Å². The van der Waals surface area contributed by atoms with Crippen LogP contribution in [0, 0.1) is 0 Å². The molecule has 0 saturated carbocycles. The van der Waals surface area contributed by atoms with Crippen LogP contribution in [0.3, 0.4) is 0 Å². The molecule has 1 N–H and O–H groups in total. The third kappa shape index (κ3) is 6.50. The summed E-state index contributed by atoms with van der Waals surface area (Å²) in [6.45, 7) is 9.25. The molecule has 6 rings (SSSR count). The molecule has 0 unspecified atom stereocenters. The molecule has 1 fully saturated rings. The summed E-state index contributed by atoms with van der Waals surface area (Å²) in [5.74, 6) is 0.629.